The molecule has 1 unspecified atom stereocenters. The fourth-order valence-electron chi connectivity index (χ4n) is 2.29. The summed E-state index contributed by atoms with van der Waals surface area (Å²) in [5, 5.41) is 5.96. The van der Waals surface area contributed by atoms with Gasteiger partial charge in [-0.25, -0.2) is 0 Å². The van der Waals surface area contributed by atoms with Gasteiger partial charge >= 0.3 is 0 Å². The zero-order valence-corrected chi connectivity index (χ0v) is 12.6. The summed E-state index contributed by atoms with van der Waals surface area (Å²) in [4.78, 5) is 25.8. The first-order valence-electron chi connectivity index (χ1n) is 7.44. The smallest absolute Gasteiger partial charge is 0.236 e. The van der Waals surface area contributed by atoms with E-state index < -0.39 is 0 Å². The molecule has 0 bridgehead atoms. The van der Waals surface area contributed by atoms with E-state index in [0.717, 1.165) is 25.8 Å². The Morgan fingerprint density at radius 3 is 2.85 bits per heavy atom. The molecule has 1 fully saturated rings. The highest BCUT2D eigenvalue weighted by Crippen LogP contribution is 2.16. The van der Waals surface area contributed by atoms with Crippen molar-refractivity contribution in [1.82, 2.24) is 15.5 Å². The third-order valence-electron chi connectivity index (χ3n) is 3.45. The summed E-state index contributed by atoms with van der Waals surface area (Å²) in [6.07, 6.45) is 2.70. The second kappa shape index (κ2) is 9.72. The zero-order valence-electron chi connectivity index (χ0n) is 12.6. The van der Waals surface area contributed by atoms with Crippen LogP contribution in [-0.2, 0) is 14.3 Å². The number of carbonyl (C=O) groups is 2. The number of amides is 2. The number of nitrogens with one attached hydrogen (secondary N) is 2. The van der Waals surface area contributed by atoms with Gasteiger partial charge in [-0.05, 0) is 19.3 Å². The second-order valence-corrected chi connectivity index (χ2v) is 5.14. The van der Waals surface area contributed by atoms with E-state index in [2.05, 4.69) is 10.6 Å². The van der Waals surface area contributed by atoms with Crippen molar-refractivity contribution in [1.29, 1.82) is 0 Å². The predicted octanol–water partition coefficient (Wildman–Crippen LogP) is -0.0128. The third-order valence-corrected chi connectivity index (χ3v) is 3.45. The van der Waals surface area contributed by atoms with Gasteiger partial charge < -0.3 is 20.3 Å². The first kappa shape index (κ1) is 16.9. The van der Waals surface area contributed by atoms with Crippen LogP contribution in [0.1, 0.15) is 26.2 Å². The maximum Gasteiger partial charge on any atom is 0.236 e. The van der Waals surface area contributed by atoms with E-state index in [9.17, 15) is 9.59 Å². The van der Waals surface area contributed by atoms with Crippen LogP contribution in [0, 0.1) is 5.92 Å². The molecular formula is C14H27N3O3. The Morgan fingerprint density at radius 1 is 1.35 bits per heavy atom. The summed E-state index contributed by atoms with van der Waals surface area (Å²) >= 11 is 0. The van der Waals surface area contributed by atoms with Crippen molar-refractivity contribution in [3.8, 4) is 0 Å². The molecule has 0 aromatic heterocycles. The summed E-state index contributed by atoms with van der Waals surface area (Å²) in [6.45, 7) is 5.60. The molecule has 1 rings (SSSR count). The Labute approximate surface area is 121 Å². The lowest BCUT2D eigenvalue weighted by molar-refractivity contribution is -0.135. The van der Waals surface area contributed by atoms with Crippen molar-refractivity contribution in [3.63, 3.8) is 0 Å². The van der Waals surface area contributed by atoms with Crippen LogP contribution in [0.4, 0.5) is 0 Å². The summed E-state index contributed by atoms with van der Waals surface area (Å²) < 4.78 is 4.91. The van der Waals surface area contributed by atoms with Crippen LogP contribution >= 0.6 is 0 Å². The van der Waals surface area contributed by atoms with E-state index in [1.807, 2.05) is 6.92 Å². The minimum atomic E-state index is -0.0572. The van der Waals surface area contributed by atoms with Gasteiger partial charge in [0.25, 0.3) is 0 Å². The Morgan fingerprint density at radius 2 is 2.15 bits per heavy atom. The van der Waals surface area contributed by atoms with E-state index in [1.165, 1.54) is 0 Å². The molecule has 0 aromatic carbocycles. The molecule has 0 aliphatic carbocycles. The van der Waals surface area contributed by atoms with E-state index in [1.54, 1.807) is 12.0 Å². The molecule has 2 amide bonds. The molecular weight excluding hydrogens is 258 g/mol. The van der Waals surface area contributed by atoms with Gasteiger partial charge in [0.2, 0.25) is 11.8 Å². The first-order chi connectivity index (χ1) is 9.69. The van der Waals surface area contributed by atoms with Gasteiger partial charge in [-0.1, -0.05) is 6.92 Å². The first-order valence-corrected chi connectivity index (χ1v) is 7.44. The quantitative estimate of drug-likeness (QED) is 0.615. The molecule has 1 heterocycles. The zero-order chi connectivity index (χ0) is 14.8. The minimum absolute atomic E-state index is 0.0572. The van der Waals surface area contributed by atoms with Crippen molar-refractivity contribution in [2.24, 2.45) is 5.92 Å². The van der Waals surface area contributed by atoms with Crippen LogP contribution in [-0.4, -0.2) is 63.2 Å². The number of hydrogen-bond donors (Lipinski definition) is 2. The van der Waals surface area contributed by atoms with Crippen molar-refractivity contribution >= 4 is 11.8 Å². The molecule has 0 aromatic rings. The molecule has 116 valence electrons. The summed E-state index contributed by atoms with van der Waals surface area (Å²) in [6, 6.07) is 0. The molecule has 6 heteroatoms. The van der Waals surface area contributed by atoms with Gasteiger partial charge in [-0.3, -0.25) is 9.59 Å². The average molecular weight is 285 g/mol. The number of hydrogen-bond acceptors (Lipinski definition) is 4. The predicted molar refractivity (Wildman–Crippen MR) is 77.4 cm³/mol. The van der Waals surface area contributed by atoms with Crippen molar-refractivity contribution < 1.29 is 14.3 Å². The van der Waals surface area contributed by atoms with Crippen LogP contribution in [0.5, 0.6) is 0 Å². The monoisotopic (exact) mass is 285 g/mol. The number of likely N-dealkylation sites (tertiary alicyclic amines) is 1. The number of ether oxygens (including phenoxy) is 1. The van der Waals surface area contributed by atoms with Crippen LogP contribution in [0.3, 0.4) is 0 Å². The molecule has 1 aliphatic rings. The Hall–Kier alpha value is -1.14. The number of rotatable bonds is 8. The highest BCUT2D eigenvalue weighted by molar-refractivity contribution is 5.82. The summed E-state index contributed by atoms with van der Waals surface area (Å²) in [5.74, 6) is 0.0870. The summed E-state index contributed by atoms with van der Waals surface area (Å²) in [7, 11) is 1.63. The van der Waals surface area contributed by atoms with E-state index in [-0.39, 0.29) is 17.7 Å². The SMILES string of the molecule is CCCNC(=O)C1CCCN(C(=O)CNCCOC)C1. The summed E-state index contributed by atoms with van der Waals surface area (Å²) in [5.41, 5.74) is 0. The lowest BCUT2D eigenvalue weighted by atomic mass is 9.97. The normalized spacial score (nSPS) is 18.9. The largest absolute Gasteiger partial charge is 0.383 e. The molecule has 6 nitrogen and oxygen atoms in total. The van der Waals surface area contributed by atoms with Gasteiger partial charge in [-0.2, -0.15) is 0 Å². The minimum Gasteiger partial charge on any atom is -0.383 e. The molecule has 0 saturated carbocycles. The van der Waals surface area contributed by atoms with Crippen LogP contribution in [0.15, 0.2) is 0 Å². The van der Waals surface area contributed by atoms with Gasteiger partial charge in [-0.15, -0.1) is 0 Å². The standard InChI is InChI=1S/C14H27N3O3/c1-3-6-16-14(19)12-5-4-8-17(11-12)13(18)10-15-7-9-20-2/h12,15H,3-11H2,1-2H3,(H,16,19). The fourth-order valence-corrected chi connectivity index (χ4v) is 2.29. The van der Waals surface area contributed by atoms with E-state index in [4.69, 9.17) is 4.74 Å². The lowest BCUT2D eigenvalue weighted by Crippen LogP contribution is -2.48. The molecule has 1 atom stereocenters. The number of methoxy groups -OCH3 is 1. The molecule has 1 aliphatic heterocycles. The van der Waals surface area contributed by atoms with Crippen molar-refractivity contribution in [2.75, 3.05) is 46.4 Å². The van der Waals surface area contributed by atoms with Crippen LogP contribution < -0.4 is 10.6 Å². The van der Waals surface area contributed by atoms with E-state index >= 15 is 0 Å². The highest BCUT2D eigenvalue weighted by atomic mass is 16.5. The van der Waals surface area contributed by atoms with Crippen LogP contribution in [0.25, 0.3) is 0 Å². The highest BCUT2D eigenvalue weighted by Gasteiger charge is 2.27. The Bertz CT molecular complexity index is 310. The van der Waals surface area contributed by atoms with Crippen molar-refractivity contribution in [3.05, 3.63) is 0 Å². The fraction of sp³-hybridized carbons (Fsp3) is 0.857. The Balaban J connectivity index is 2.32. The maximum atomic E-state index is 12.0. The van der Waals surface area contributed by atoms with Gasteiger partial charge in [0, 0.05) is 33.3 Å². The molecule has 0 radical (unpaired) electrons. The Kier molecular flexibility index (Phi) is 8.22. The number of nitrogens with zero attached hydrogens (tertiary/aromatic N) is 1. The lowest BCUT2D eigenvalue weighted by Gasteiger charge is -2.32. The average Bonchev–Trinajstić information content (AvgIpc) is 2.49. The van der Waals surface area contributed by atoms with Gasteiger partial charge in [0.15, 0.2) is 0 Å². The van der Waals surface area contributed by atoms with Gasteiger partial charge in [0.1, 0.15) is 0 Å². The number of carbonyl (C=O) groups excluding carboxylic acids is 2. The topological polar surface area (TPSA) is 70.7 Å². The molecule has 2 N–H and O–H groups in total. The van der Waals surface area contributed by atoms with Crippen LogP contribution in [0.2, 0.25) is 0 Å². The maximum absolute atomic E-state index is 12.0. The molecule has 0 spiro atoms. The number of piperidine rings is 1. The molecule has 20 heavy (non-hydrogen) atoms. The van der Waals surface area contributed by atoms with E-state index in [0.29, 0.717) is 32.8 Å². The van der Waals surface area contributed by atoms with Crippen molar-refractivity contribution in [2.45, 2.75) is 26.2 Å². The third kappa shape index (κ3) is 5.88. The molecule has 1 saturated heterocycles. The van der Waals surface area contributed by atoms with Gasteiger partial charge in [0.05, 0.1) is 19.1 Å². The second-order valence-electron chi connectivity index (χ2n) is 5.14.